The minimum atomic E-state index is -0.250. The Labute approximate surface area is 120 Å². The van der Waals surface area contributed by atoms with E-state index in [2.05, 4.69) is 28.0 Å². The van der Waals surface area contributed by atoms with Crippen molar-refractivity contribution in [2.24, 2.45) is 0 Å². The second-order valence-electron chi connectivity index (χ2n) is 5.96. The third-order valence-electron chi connectivity index (χ3n) is 4.20. The summed E-state index contributed by atoms with van der Waals surface area (Å²) in [6, 6.07) is 1.73. The van der Waals surface area contributed by atoms with Crippen LogP contribution >= 0.6 is 0 Å². The quantitative estimate of drug-likeness (QED) is 0.628. The van der Waals surface area contributed by atoms with Crippen molar-refractivity contribution in [1.82, 2.24) is 21.1 Å². The molecular formula is C14H26N4O2. The summed E-state index contributed by atoms with van der Waals surface area (Å²) in [5, 5.41) is 3.63. The molecule has 0 aromatic heterocycles. The molecule has 0 aromatic carbocycles. The lowest BCUT2D eigenvalue weighted by Crippen LogP contribution is -2.52. The van der Waals surface area contributed by atoms with Gasteiger partial charge >= 0.3 is 0 Å². The van der Waals surface area contributed by atoms with Crippen molar-refractivity contribution in [2.75, 3.05) is 13.1 Å². The topological polar surface area (TPSA) is 73.5 Å². The number of hydrazine groups is 1. The van der Waals surface area contributed by atoms with Gasteiger partial charge in [-0.3, -0.25) is 25.3 Å². The number of hydrogen-bond donors (Lipinski definition) is 3. The van der Waals surface area contributed by atoms with Crippen molar-refractivity contribution in [3.05, 3.63) is 0 Å². The summed E-state index contributed by atoms with van der Waals surface area (Å²) in [6.45, 7) is 4.80. The monoisotopic (exact) mass is 282 g/mol. The van der Waals surface area contributed by atoms with Crippen molar-refractivity contribution in [3.8, 4) is 0 Å². The molecule has 20 heavy (non-hydrogen) atoms. The highest BCUT2D eigenvalue weighted by molar-refractivity contribution is 5.81. The molecule has 2 rings (SSSR count). The zero-order chi connectivity index (χ0) is 14.5. The van der Waals surface area contributed by atoms with Crippen LogP contribution in [-0.2, 0) is 9.59 Å². The molecule has 2 fully saturated rings. The van der Waals surface area contributed by atoms with Gasteiger partial charge in [0.2, 0.25) is 5.91 Å². The molecule has 0 spiro atoms. The maximum Gasteiger partial charge on any atom is 0.252 e. The van der Waals surface area contributed by atoms with Gasteiger partial charge in [-0.2, -0.15) is 0 Å². The molecule has 114 valence electrons. The van der Waals surface area contributed by atoms with Gasteiger partial charge in [0.1, 0.15) is 0 Å². The molecule has 2 saturated heterocycles. The Morgan fingerprint density at radius 3 is 2.40 bits per heavy atom. The SMILES string of the molecule is CCCN(CC(=O)NNC(C)=O)C1CC2CCC(C1)N2. The summed E-state index contributed by atoms with van der Waals surface area (Å²) >= 11 is 0. The minimum absolute atomic E-state index is 0.139. The van der Waals surface area contributed by atoms with Crippen LogP contribution in [-0.4, -0.2) is 47.9 Å². The van der Waals surface area contributed by atoms with Crippen LogP contribution in [0, 0.1) is 0 Å². The second kappa shape index (κ2) is 7.04. The molecular weight excluding hydrogens is 256 g/mol. The highest BCUT2D eigenvalue weighted by Gasteiger charge is 2.36. The Bertz CT molecular complexity index is 349. The molecule has 2 aliphatic heterocycles. The van der Waals surface area contributed by atoms with E-state index in [-0.39, 0.29) is 11.8 Å². The van der Waals surface area contributed by atoms with Gasteiger partial charge in [-0.05, 0) is 38.6 Å². The van der Waals surface area contributed by atoms with Crippen LogP contribution in [0.4, 0.5) is 0 Å². The molecule has 0 radical (unpaired) electrons. The van der Waals surface area contributed by atoms with Gasteiger partial charge in [0.05, 0.1) is 6.54 Å². The smallest absolute Gasteiger partial charge is 0.252 e. The van der Waals surface area contributed by atoms with Crippen molar-refractivity contribution in [3.63, 3.8) is 0 Å². The van der Waals surface area contributed by atoms with E-state index < -0.39 is 0 Å². The Kier molecular flexibility index (Phi) is 5.37. The predicted octanol–water partition coefficient (Wildman–Crippen LogP) is 0.149. The van der Waals surface area contributed by atoms with Crippen molar-refractivity contribution >= 4 is 11.8 Å². The summed E-state index contributed by atoms with van der Waals surface area (Å²) in [5.74, 6) is -0.389. The number of hydrogen-bond acceptors (Lipinski definition) is 4. The molecule has 2 atom stereocenters. The lowest BCUT2D eigenvalue weighted by molar-refractivity contribution is -0.129. The molecule has 2 unspecified atom stereocenters. The fourth-order valence-electron chi connectivity index (χ4n) is 3.39. The second-order valence-corrected chi connectivity index (χ2v) is 5.96. The predicted molar refractivity (Wildman–Crippen MR) is 76.8 cm³/mol. The van der Waals surface area contributed by atoms with E-state index in [9.17, 15) is 9.59 Å². The standard InChI is InChI=1S/C14H26N4O2/c1-3-6-18(9-14(20)17-16-10(2)19)13-7-11-4-5-12(8-13)15-11/h11-13,15H,3-9H2,1-2H3,(H,16,19)(H,17,20). The third kappa shape index (κ3) is 4.18. The van der Waals surface area contributed by atoms with Gasteiger partial charge in [-0.25, -0.2) is 0 Å². The van der Waals surface area contributed by atoms with Crippen molar-refractivity contribution in [2.45, 2.75) is 64.1 Å². The highest BCUT2D eigenvalue weighted by atomic mass is 16.2. The summed E-state index contributed by atoms with van der Waals surface area (Å²) in [5.41, 5.74) is 4.80. The Hall–Kier alpha value is -1.14. The number of carbonyl (C=O) groups is 2. The summed E-state index contributed by atoms with van der Waals surface area (Å²) in [6.07, 6.45) is 5.82. The number of amides is 2. The molecule has 2 bridgehead atoms. The van der Waals surface area contributed by atoms with E-state index >= 15 is 0 Å². The van der Waals surface area contributed by atoms with Crippen LogP contribution < -0.4 is 16.2 Å². The molecule has 6 nitrogen and oxygen atoms in total. The lowest BCUT2D eigenvalue weighted by atomic mass is 9.98. The van der Waals surface area contributed by atoms with Crippen LogP contribution in [0.15, 0.2) is 0 Å². The summed E-state index contributed by atoms with van der Waals surface area (Å²) in [7, 11) is 0. The van der Waals surface area contributed by atoms with E-state index in [0.29, 0.717) is 24.7 Å². The Morgan fingerprint density at radius 1 is 1.20 bits per heavy atom. The zero-order valence-corrected chi connectivity index (χ0v) is 12.4. The fourth-order valence-corrected chi connectivity index (χ4v) is 3.39. The number of rotatable bonds is 5. The normalized spacial score (nSPS) is 28.4. The maximum atomic E-state index is 11.9. The fraction of sp³-hybridized carbons (Fsp3) is 0.857. The number of carbonyl (C=O) groups excluding carboxylic acids is 2. The average Bonchev–Trinajstić information content (AvgIpc) is 2.74. The van der Waals surface area contributed by atoms with Gasteiger partial charge in [0, 0.05) is 25.0 Å². The van der Waals surface area contributed by atoms with Crippen LogP contribution in [0.5, 0.6) is 0 Å². The van der Waals surface area contributed by atoms with Gasteiger partial charge in [0.15, 0.2) is 0 Å². The first-order chi connectivity index (χ1) is 9.58. The third-order valence-corrected chi connectivity index (χ3v) is 4.20. The first kappa shape index (κ1) is 15.3. The molecule has 0 aliphatic carbocycles. The number of piperidine rings is 1. The molecule has 2 heterocycles. The van der Waals surface area contributed by atoms with Gasteiger partial charge in [-0.1, -0.05) is 6.92 Å². The Balaban J connectivity index is 1.86. The largest absolute Gasteiger partial charge is 0.311 e. The molecule has 6 heteroatoms. The van der Waals surface area contributed by atoms with E-state index in [1.807, 2.05) is 0 Å². The van der Waals surface area contributed by atoms with Gasteiger partial charge < -0.3 is 5.32 Å². The average molecular weight is 282 g/mol. The molecule has 3 N–H and O–H groups in total. The maximum absolute atomic E-state index is 11.9. The molecule has 2 amide bonds. The lowest BCUT2D eigenvalue weighted by Gasteiger charge is -2.37. The van der Waals surface area contributed by atoms with Gasteiger partial charge in [0.25, 0.3) is 5.91 Å². The number of fused-ring (bicyclic) bond motifs is 2. The number of nitrogens with one attached hydrogen (secondary N) is 3. The molecule has 2 aliphatic rings. The molecule has 0 aromatic rings. The van der Waals surface area contributed by atoms with Crippen molar-refractivity contribution in [1.29, 1.82) is 0 Å². The first-order valence-corrected chi connectivity index (χ1v) is 7.64. The van der Waals surface area contributed by atoms with Crippen molar-refractivity contribution < 1.29 is 9.59 Å². The summed E-state index contributed by atoms with van der Waals surface area (Å²) in [4.78, 5) is 24.9. The van der Waals surface area contributed by atoms with Crippen LogP contribution in [0.25, 0.3) is 0 Å². The van der Waals surface area contributed by atoms with Gasteiger partial charge in [-0.15, -0.1) is 0 Å². The zero-order valence-electron chi connectivity index (χ0n) is 12.4. The first-order valence-electron chi connectivity index (χ1n) is 7.64. The van der Waals surface area contributed by atoms with Crippen LogP contribution in [0.2, 0.25) is 0 Å². The minimum Gasteiger partial charge on any atom is -0.311 e. The van der Waals surface area contributed by atoms with E-state index in [4.69, 9.17) is 0 Å². The molecule has 0 saturated carbocycles. The van der Waals surface area contributed by atoms with E-state index in [1.165, 1.54) is 19.8 Å². The van der Waals surface area contributed by atoms with Crippen LogP contribution in [0.3, 0.4) is 0 Å². The van der Waals surface area contributed by atoms with Crippen LogP contribution in [0.1, 0.15) is 46.0 Å². The summed E-state index contributed by atoms with van der Waals surface area (Å²) < 4.78 is 0. The van der Waals surface area contributed by atoms with E-state index in [0.717, 1.165) is 25.8 Å². The Morgan fingerprint density at radius 2 is 1.85 bits per heavy atom. The van der Waals surface area contributed by atoms with E-state index in [1.54, 1.807) is 0 Å². The highest BCUT2D eigenvalue weighted by Crippen LogP contribution is 2.29. The number of nitrogens with zero attached hydrogens (tertiary/aromatic N) is 1.